The van der Waals surface area contributed by atoms with Crippen LogP contribution in [-0.4, -0.2) is 76.9 Å². The minimum Gasteiger partial charge on any atom is -0.446 e. The van der Waals surface area contributed by atoms with Gasteiger partial charge in [-0.2, -0.15) is 0 Å². The van der Waals surface area contributed by atoms with Crippen molar-refractivity contribution in [2.45, 2.75) is 96.8 Å². The van der Waals surface area contributed by atoms with Gasteiger partial charge < -0.3 is 19.1 Å². The number of nitrogens with one attached hydrogen (secondary N) is 1. The molecule has 2 aliphatic rings. The second kappa shape index (κ2) is 14.1. The van der Waals surface area contributed by atoms with E-state index in [2.05, 4.69) is 21.6 Å². The first-order valence-electron chi connectivity index (χ1n) is 14.8. The van der Waals surface area contributed by atoms with E-state index in [1.54, 1.807) is 21.1 Å². The van der Waals surface area contributed by atoms with Gasteiger partial charge in [-0.1, -0.05) is 19.4 Å². The van der Waals surface area contributed by atoms with E-state index in [1.807, 2.05) is 43.3 Å². The van der Waals surface area contributed by atoms with E-state index >= 15 is 0 Å². The third kappa shape index (κ3) is 7.16. The monoisotopic (exact) mass is 567 g/mol. The van der Waals surface area contributed by atoms with Gasteiger partial charge in [-0.3, -0.25) is 19.5 Å². The Morgan fingerprint density at radius 3 is 2.61 bits per heavy atom. The Bertz CT molecular complexity index is 1280. The van der Waals surface area contributed by atoms with Crippen LogP contribution in [0.4, 0.5) is 4.79 Å². The molecule has 2 aromatic rings. The van der Waals surface area contributed by atoms with Gasteiger partial charge in [0.1, 0.15) is 18.0 Å². The molecule has 2 atom stereocenters. The standard InChI is InChI=1S/C31H45N5O5/c1-7-8-20(2)41-31(38)33-26-14-11-24(19-27(26)40-6)28-29-21(3)32-15-16-36(29)30(34-28)23-9-12-25(13-10-23)35(22(4)37)17-18-39-5/h11,14-16,20,23,25,27H,7-10,12-13,17-19H2,1-6H3,(H,33,38)/t20-,23-,25-,27?/m0/s1. The maximum absolute atomic E-state index is 12.5. The lowest BCUT2D eigenvalue weighted by atomic mass is 9.84. The minimum atomic E-state index is -0.466. The zero-order valence-corrected chi connectivity index (χ0v) is 25.3. The number of ether oxygens (including phenoxy) is 3. The predicted molar refractivity (Wildman–Crippen MR) is 157 cm³/mol. The van der Waals surface area contributed by atoms with Crippen molar-refractivity contribution in [3.63, 3.8) is 0 Å². The Morgan fingerprint density at radius 2 is 1.95 bits per heavy atom. The number of rotatable bonds is 11. The van der Waals surface area contributed by atoms with Crippen LogP contribution in [0.1, 0.15) is 88.8 Å². The van der Waals surface area contributed by atoms with E-state index in [-0.39, 0.29) is 30.1 Å². The fourth-order valence-corrected chi connectivity index (χ4v) is 6.14. The first-order chi connectivity index (χ1) is 19.8. The summed E-state index contributed by atoms with van der Waals surface area (Å²) in [7, 11) is 3.31. The van der Waals surface area contributed by atoms with Gasteiger partial charge in [0, 0.05) is 58.5 Å². The fourth-order valence-electron chi connectivity index (χ4n) is 6.14. The van der Waals surface area contributed by atoms with E-state index in [4.69, 9.17) is 19.2 Å². The SMILES string of the molecule is CCC[C@H](C)OC(=O)NC1=CC=C(c2nc([C@H]3CC[C@H](N(CCOC)C(C)=O)CC3)n3ccnc(C)c23)CC1OC. The van der Waals surface area contributed by atoms with Crippen LogP contribution in [-0.2, 0) is 19.0 Å². The van der Waals surface area contributed by atoms with E-state index in [0.717, 1.165) is 66.8 Å². The molecule has 10 heteroatoms. The number of methoxy groups -OCH3 is 2. The summed E-state index contributed by atoms with van der Waals surface area (Å²) >= 11 is 0. The van der Waals surface area contributed by atoms with Crippen LogP contribution in [0, 0.1) is 6.92 Å². The summed E-state index contributed by atoms with van der Waals surface area (Å²) in [5, 5.41) is 2.88. The lowest BCUT2D eigenvalue weighted by Crippen LogP contribution is -2.42. The molecule has 10 nitrogen and oxygen atoms in total. The van der Waals surface area contributed by atoms with Gasteiger partial charge >= 0.3 is 6.09 Å². The number of imidazole rings is 1. The summed E-state index contributed by atoms with van der Waals surface area (Å²) in [6, 6.07) is 0.226. The number of hydrogen-bond acceptors (Lipinski definition) is 7. The molecule has 0 aliphatic heterocycles. The summed E-state index contributed by atoms with van der Waals surface area (Å²) in [5.41, 5.74) is 4.51. The Hall–Kier alpha value is -3.24. The first-order valence-corrected chi connectivity index (χ1v) is 14.8. The topological polar surface area (TPSA) is 107 Å². The van der Waals surface area contributed by atoms with Crippen LogP contribution < -0.4 is 5.32 Å². The molecule has 0 saturated heterocycles. The number of amides is 2. The van der Waals surface area contributed by atoms with E-state index < -0.39 is 6.09 Å². The van der Waals surface area contributed by atoms with Crippen LogP contribution >= 0.6 is 0 Å². The lowest BCUT2D eigenvalue weighted by Gasteiger charge is -2.36. The Morgan fingerprint density at radius 1 is 1.20 bits per heavy atom. The highest BCUT2D eigenvalue weighted by Crippen LogP contribution is 2.38. The zero-order valence-electron chi connectivity index (χ0n) is 25.3. The third-order valence-corrected chi connectivity index (χ3v) is 8.26. The van der Waals surface area contributed by atoms with Crippen LogP contribution in [0.3, 0.4) is 0 Å². The lowest BCUT2D eigenvalue weighted by molar-refractivity contribution is -0.132. The van der Waals surface area contributed by atoms with Gasteiger partial charge in [0.05, 0.1) is 29.2 Å². The molecule has 1 saturated carbocycles. The second-order valence-corrected chi connectivity index (χ2v) is 11.1. The summed E-state index contributed by atoms with van der Waals surface area (Å²) < 4.78 is 18.7. The highest BCUT2D eigenvalue weighted by Gasteiger charge is 2.32. The average Bonchev–Trinajstić information content (AvgIpc) is 3.34. The molecule has 1 N–H and O–H groups in total. The van der Waals surface area contributed by atoms with Crippen LogP contribution in [0.15, 0.2) is 30.2 Å². The third-order valence-electron chi connectivity index (χ3n) is 8.26. The molecule has 0 spiro atoms. The maximum Gasteiger partial charge on any atom is 0.411 e. The van der Waals surface area contributed by atoms with E-state index in [9.17, 15) is 9.59 Å². The van der Waals surface area contributed by atoms with Crippen molar-refractivity contribution in [3.05, 3.63) is 47.5 Å². The fraction of sp³-hybridized carbons (Fsp3) is 0.613. The number of aryl methyl sites for hydroxylation is 1. The second-order valence-electron chi connectivity index (χ2n) is 11.1. The Balaban J connectivity index is 1.57. The van der Waals surface area contributed by atoms with Crippen molar-refractivity contribution in [3.8, 4) is 0 Å². The highest BCUT2D eigenvalue weighted by atomic mass is 16.6. The van der Waals surface area contributed by atoms with Gasteiger partial charge in [-0.05, 0) is 57.6 Å². The number of nitrogens with zero attached hydrogens (tertiary/aromatic N) is 4. The van der Waals surface area contributed by atoms with Gasteiger partial charge in [0.2, 0.25) is 5.91 Å². The molecule has 2 heterocycles. The number of fused-ring (bicyclic) bond motifs is 1. The van der Waals surface area contributed by atoms with E-state index in [1.165, 1.54) is 0 Å². The molecule has 0 aromatic carbocycles. The largest absolute Gasteiger partial charge is 0.446 e. The molecule has 2 amide bonds. The number of aromatic nitrogens is 3. The molecule has 1 unspecified atom stereocenters. The summed E-state index contributed by atoms with van der Waals surface area (Å²) in [6.45, 7) is 8.78. The van der Waals surface area contributed by atoms with Crippen LogP contribution in [0.5, 0.6) is 0 Å². The maximum atomic E-state index is 12.5. The molecular formula is C31H45N5O5. The number of allylic oxidation sites excluding steroid dienone is 2. The van der Waals surface area contributed by atoms with Crippen molar-refractivity contribution < 1.29 is 23.8 Å². The average molecular weight is 568 g/mol. The highest BCUT2D eigenvalue weighted by molar-refractivity contribution is 5.80. The molecule has 41 heavy (non-hydrogen) atoms. The number of alkyl carbamates (subject to hydrolysis) is 1. The molecule has 2 aliphatic carbocycles. The van der Waals surface area contributed by atoms with Crippen molar-refractivity contribution in [2.24, 2.45) is 0 Å². The van der Waals surface area contributed by atoms with Crippen molar-refractivity contribution in [1.82, 2.24) is 24.6 Å². The normalized spacial score (nSPS) is 21.7. The molecule has 0 bridgehead atoms. The van der Waals surface area contributed by atoms with Crippen molar-refractivity contribution >= 4 is 23.1 Å². The number of carbonyl (C=O) groups excluding carboxylic acids is 2. The minimum absolute atomic E-state index is 0.100. The number of carbonyl (C=O) groups is 2. The number of hydrogen-bond donors (Lipinski definition) is 1. The molecule has 224 valence electrons. The van der Waals surface area contributed by atoms with Crippen molar-refractivity contribution in [2.75, 3.05) is 27.4 Å². The molecule has 4 rings (SSSR count). The van der Waals surface area contributed by atoms with Crippen LogP contribution in [0.25, 0.3) is 11.1 Å². The van der Waals surface area contributed by atoms with Crippen molar-refractivity contribution in [1.29, 1.82) is 0 Å². The van der Waals surface area contributed by atoms with E-state index in [0.29, 0.717) is 25.3 Å². The molecule has 2 aromatic heterocycles. The zero-order chi connectivity index (χ0) is 29.5. The van der Waals surface area contributed by atoms with Gasteiger partial charge in [0.15, 0.2) is 0 Å². The smallest absolute Gasteiger partial charge is 0.411 e. The van der Waals surface area contributed by atoms with Gasteiger partial charge in [-0.25, -0.2) is 9.78 Å². The quantitative estimate of drug-likeness (QED) is 0.400. The summed E-state index contributed by atoms with van der Waals surface area (Å²) in [5.74, 6) is 1.41. The van der Waals surface area contributed by atoms with Crippen LogP contribution in [0.2, 0.25) is 0 Å². The predicted octanol–water partition coefficient (Wildman–Crippen LogP) is 5.16. The molecule has 0 radical (unpaired) electrons. The Kier molecular flexibility index (Phi) is 10.6. The summed E-state index contributed by atoms with van der Waals surface area (Å²) in [4.78, 5) is 36.5. The molecular weight excluding hydrogens is 522 g/mol. The Labute approximate surface area is 243 Å². The van der Waals surface area contributed by atoms with Gasteiger partial charge in [-0.15, -0.1) is 0 Å². The van der Waals surface area contributed by atoms with Gasteiger partial charge in [0.25, 0.3) is 0 Å². The first kappa shape index (κ1) is 30.7. The molecule has 1 fully saturated rings. The summed E-state index contributed by atoms with van der Waals surface area (Å²) in [6.07, 6.45) is 12.9.